The number of nitrogens with one attached hydrogen (secondary N) is 1. The van der Waals surface area contributed by atoms with Crippen molar-refractivity contribution in [2.45, 2.75) is 53.9 Å². The van der Waals surface area contributed by atoms with E-state index in [1.54, 1.807) is 18.2 Å². The first kappa shape index (κ1) is 27.5. The van der Waals surface area contributed by atoms with E-state index in [1.807, 2.05) is 80.6 Å². The maximum Gasteiger partial charge on any atom is 0.325 e. The highest BCUT2D eigenvalue weighted by Crippen LogP contribution is 2.45. The quantitative estimate of drug-likeness (QED) is 0.288. The number of carbonyl (C=O) groups excluding carboxylic acids is 2. The van der Waals surface area contributed by atoms with Crippen molar-refractivity contribution in [3.05, 3.63) is 102 Å². The van der Waals surface area contributed by atoms with Crippen LogP contribution in [0.4, 0.5) is 5.69 Å². The Morgan fingerprint density at radius 2 is 1.66 bits per heavy atom. The third kappa shape index (κ3) is 5.37. The lowest BCUT2D eigenvalue weighted by Crippen LogP contribution is -2.45. The van der Waals surface area contributed by atoms with E-state index in [1.165, 1.54) is 16.1 Å². The number of carbonyl (C=O) groups is 2. The van der Waals surface area contributed by atoms with Crippen LogP contribution >= 0.6 is 11.8 Å². The Balaban J connectivity index is 1.30. The summed E-state index contributed by atoms with van der Waals surface area (Å²) in [6, 6.07) is 25.0. The molecule has 9 heteroatoms. The molecule has 0 saturated carbocycles. The van der Waals surface area contributed by atoms with Crippen molar-refractivity contribution in [2.24, 2.45) is 0 Å². The number of esters is 1. The minimum atomic E-state index is -3.98. The van der Waals surface area contributed by atoms with E-state index in [0.29, 0.717) is 18.5 Å². The largest absolute Gasteiger partial charge is 0.449 e. The standard InChI is InChI=1S/C32H30N2O5S2/c1-20-9-12-23(13-10-20)30-29(31(35)33-26-16-11-21(2)18-28(26)40-30)39-32(36)27-8-5-17-34(27)41(37,38)25-15-14-22-6-3-4-7-24(22)19-25/h3-4,6-7,9-16,18-19,27,29-30H,5,8,17H2,1-2H3,(H,33,35)/t27-,29+,30-/m0/s1. The first-order valence-electron chi connectivity index (χ1n) is 13.6. The molecule has 0 bridgehead atoms. The number of anilines is 1. The van der Waals surface area contributed by atoms with Crippen LogP contribution in [0, 0.1) is 13.8 Å². The lowest BCUT2D eigenvalue weighted by Gasteiger charge is -2.27. The van der Waals surface area contributed by atoms with Crippen LogP contribution in [0.5, 0.6) is 0 Å². The van der Waals surface area contributed by atoms with E-state index in [4.69, 9.17) is 4.74 Å². The van der Waals surface area contributed by atoms with Crippen LogP contribution in [-0.2, 0) is 24.3 Å². The number of rotatable bonds is 5. The monoisotopic (exact) mass is 586 g/mol. The topological polar surface area (TPSA) is 92.8 Å². The summed E-state index contributed by atoms with van der Waals surface area (Å²) in [4.78, 5) is 28.3. The van der Waals surface area contributed by atoms with E-state index < -0.39 is 39.3 Å². The number of amides is 1. The summed E-state index contributed by atoms with van der Waals surface area (Å²) in [6.07, 6.45) is -0.319. The second-order valence-corrected chi connectivity index (χ2v) is 13.7. The molecule has 2 aliphatic rings. The lowest BCUT2D eigenvalue weighted by atomic mass is 10.0. The zero-order valence-corrected chi connectivity index (χ0v) is 24.4. The van der Waals surface area contributed by atoms with Crippen molar-refractivity contribution >= 4 is 50.1 Å². The smallest absolute Gasteiger partial charge is 0.325 e. The second kappa shape index (κ2) is 11.0. The Hall–Kier alpha value is -3.66. The normalized spacial score (nSPS) is 21.2. The minimum absolute atomic E-state index is 0.127. The zero-order chi connectivity index (χ0) is 28.7. The molecular weight excluding hydrogens is 556 g/mol. The fraction of sp³-hybridized carbons (Fsp3) is 0.250. The highest BCUT2D eigenvalue weighted by atomic mass is 32.2. The van der Waals surface area contributed by atoms with Gasteiger partial charge in [0.25, 0.3) is 5.91 Å². The van der Waals surface area contributed by atoms with E-state index in [-0.39, 0.29) is 11.4 Å². The van der Waals surface area contributed by atoms with Gasteiger partial charge >= 0.3 is 5.97 Å². The molecule has 0 radical (unpaired) electrons. The van der Waals surface area contributed by atoms with Gasteiger partial charge in [-0.2, -0.15) is 4.31 Å². The summed E-state index contributed by atoms with van der Waals surface area (Å²) < 4.78 is 34.7. The van der Waals surface area contributed by atoms with Gasteiger partial charge in [0.1, 0.15) is 6.04 Å². The SMILES string of the molecule is Cc1ccc([C@@H]2Sc3cc(C)ccc3NC(=O)[C@@H]2OC(=O)[C@@H]2CCCN2S(=O)(=O)c2ccc3ccccc3c2)cc1. The molecule has 1 N–H and O–H groups in total. The molecular formula is C32H30N2O5S2. The van der Waals surface area contributed by atoms with Crippen LogP contribution in [-0.4, -0.2) is 43.3 Å². The first-order valence-corrected chi connectivity index (χ1v) is 15.9. The molecule has 41 heavy (non-hydrogen) atoms. The predicted octanol–water partition coefficient (Wildman–Crippen LogP) is 6.01. The summed E-state index contributed by atoms with van der Waals surface area (Å²) >= 11 is 1.46. The Morgan fingerprint density at radius 3 is 2.44 bits per heavy atom. The number of ether oxygens (including phenoxy) is 1. The summed E-state index contributed by atoms with van der Waals surface area (Å²) in [7, 11) is -3.98. The van der Waals surface area contributed by atoms with E-state index >= 15 is 0 Å². The van der Waals surface area contributed by atoms with Crippen LogP contribution < -0.4 is 5.32 Å². The highest BCUT2D eigenvalue weighted by Gasteiger charge is 2.44. The summed E-state index contributed by atoms with van der Waals surface area (Å²) in [5, 5.41) is 4.13. The molecule has 4 aromatic carbocycles. The van der Waals surface area contributed by atoms with Gasteiger partial charge in [-0.05, 0) is 72.9 Å². The molecule has 0 unspecified atom stereocenters. The predicted molar refractivity (Wildman–Crippen MR) is 160 cm³/mol. The molecule has 6 rings (SSSR count). The van der Waals surface area contributed by atoms with Crippen molar-refractivity contribution in [3.63, 3.8) is 0 Å². The Kier molecular flexibility index (Phi) is 7.36. The number of benzene rings is 4. The lowest BCUT2D eigenvalue weighted by molar-refractivity contribution is -0.157. The third-order valence-corrected chi connectivity index (χ3v) is 10.9. The van der Waals surface area contributed by atoms with Crippen LogP contribution in [0.1, 0.15) is 34.8 Å². The number of fused-ring (bicyclic) bond motifs is 2. The number of hydrogen-bond acceptors (Lipinski definition) is 6. The van der Waals surface area contributed by atoms with E-state index in [9.17, 15) is 18.0 Å². The Bertz CT molecular complexity index is 1750. The minimum Gasteiger partial charge on any atom is -0.449 e. The maximum absolute atomic E-state index is 13.7. The van der Waals surface area contributed by atoms with Gasteiger partial charge in [-0.1, -0.05) is 66.2 Å². The average Bonchev–Trinajstić information content (AvgIpc) is 3.43. The molecule has 3 atom stereocenters. The van der Waals surface area contributed by atoms with Crippen molar-refractivity contribution in [1.82, 2.24) is 4.31 Å². The summed E-state index contributed by atoms with van der Waals surface area (Å²) in [6.45, 7) is 4.17. The van der Waals surface area contributed by atoms with Gasteiger partial charge in [0.2, 0.25) is 10.0 Å². The van der Waals surface area contributed by atoms with E-state index in [2.05, 4.69) is 5.32 Å². The maximum atomic E-state index is 13.7. The van der Waals surface area contributed by atoms with Gasteiger partial charge in [0.05, 0.1) is 15.8 Å². The number of thioether (sulfide) groups is 1. The number of hydrogen-bond donors (Lipinski definition) is 1. The Labute approximate surface area is 243 Å². The summed E-state index contributed by atoms with van der Waals surface area (Å²) in [5.74, 6) is -1.16. The first-order chi connectivity index (χ1) is 19.7. The van der Waals surface area contributed by atoms with Gasteiger partial charge < -0.3 is 10.1 Å². The van der Waals surface area contributed by atoms with Gasteiger partial charge in [-0.15, -0.1) is 11.8 Å². The molecule has 1 fully saturated rings. The number of aryl methyl sites for hydroxylation is 2. The molecule has 2 aliphatic heterocycles. The van der Waals surface area contributed by atoms with Crippen LogP contribution in [0.3, 0.4) is 0 Å². The molecule has 2 heterocycles. The van der Waals surface area contributed by atoms with Crippen LogP contribution in [0.2, 0.25) is 0 Å². The van der Waals surface area contributed by atoms with Gasteiger partial charge in [0.15, 0.2) is 6.10 Å². The fourth-order valence-corrected chi connectivity index (χ4v) is 8.47. The summed E-state index contributed by atoms with van der Waals surface area (Å²) in [5.41, 5.74) is 3.61. The molecule has 7 nitrogen and oxygen atoms in total. The van der Waals surface area contributed by atoms with Crippen LogP contribution in [0.15, 0.2) is 94.7 Å². The Morgan fingerprint density at radius 1 is 0.927 bits per heavy atom. The molecule has 1 amide bonds. The van der Waals surface area contributed by atoms with Crippen molar-refractivity contribution in [1.29, 1.82) is 0 Å². The highest BCUT2D eigenvalue weighted by molar-refractivity contribution is 7.99. The zero-order valence-electron chi connectivity index (χ0n) is 22.7. The molecule has 0 aliphatic carbocycles. The van der Waals surface area contributed by atoms with Gasteiger partial charge in [-0.25, -0.2) is 8.42 Å². The van der Waals surface area contributed by atoms with Crippen LogP contribution in [0.25, 0.3) is 10.8 Å². The molecule has 1 saturated heterocycles. The fourth-order valence-electron chi connectivity index (χ4n) is 5.41. The third-order valence-electron chi connectivity index (χ3n) is 7.63. The number of sulfonamides is 1. The van der Waals surface area contributed by atoms with Crippen molar-refractivity contribution < 1.29 is 22.7 Å². The molecule has 0 aromatic heterocycles. The number of nitrogens with zero attached hydrogens (tertiary/aromatic N) is 1. The van der Waals surface area contributed by atoms with Crippen molar-refractivity contribution in [2.75, 3.05) is 11.9 Å². The molecule has 4 aromatic rings. The second-order valence-electron chi connectivity index (χ2n) is 10.6. The van der Waals surface area contributed by atoms with E-state index in [0.717, 1.165) is 32.4 Å². The molecule has 210 valence electrons. The van der Waals surface area contributed by atoms with Gasteiger partial charge in [0, 0.05) is 11.4 Å². The average molecular weight is 587 g/mol. The molecule has 0 spiro atoms. The van der Waals surface area contributed by atoms with Gasteiger partial charge in [-0.3, -0.25) is 9.59 Å². The van der Waals surface area contributed by atoms with Crippen molar-refractivity contribution in [3.8, 4) is 0 Å².